The van der Waals surface area contributed by atoms with Gasteiger partial charge in [0, 0.05) is 26.2 Å². The van der Waals surface area contributed by atoms with Gasteiger partial charge in [-0.25, -0.2) is 8.42 Å². The molecule has 2 aromatic rings. The van der Waals surface area contributed by atoms with Crippen LogP contribution < -0.4 is 15.4 Å². The molecule has 2 heterocycles. The minimum atomic E-state index is -3.47. The van der Waals surface area contributed by atoms with E-state index in [4.69, 9.17) is 9.73 Å². The molecular formula is C22H29ClN4O3S. The van der Waals surface area contributed by atoms with Gasteiger partial charge >= 0.3 is 0 Å². The van der Waals surface area contributed by atoms with Gasteiger partial charge in [-0.3, -0.25) is 4.99 Å². The van der Waals surface area contributed by atoms with Gasteiger partial charge in [-0.1, -0.05) is 30.3 Å². The highest BCUT2D eigenvalue weighted by Crippen LogP contribution is 2.29. The topological polar surface area (TPSA) is 83.0 Å². The van der Waals surface area contributed by atoms with Crippen LogP contribution in [0.3, 0.4) is 0 Å². The van der Waals surface area contributed by atoms with E-state index in [0.717, 1.165) is 23.7 Å². The predicted octanol–water partition coefficient (Wildman–Crippen LogP) is 2.43. The Morgan fingerprint density at radius 2 is 1.87 bits per heavy atom. The number of amidine groups is 1. The van der Waals surface area contributed by atoms with Crippen molar-refractivity contribution in [2.24, 2.45) is 4.99 Å². The van der Waals surface area contributed by atoms with Crippen LogP contribution in [0.1, 0.15) is 18.4 Å². The first-order chi connectivity index (χ1) is 14.5. The van der Waals surface area contributed by atoms with E-state index in [1.807, 2.05) is 30.3 Å². The molecule has 0 amide bonds. The number of sulfonamides is 1. The second kappa shape index (κ2) is 9.99. The Labute approximate surface area is 190 Å². The smallest absolute Gasteiger partial charge is 0.243 e. The van der Waals surface area contributed by atoms with Crippen LogP contribution in [0.25, 0.3) is 0 Å². The number of aliphatic imine (C=N–C) groups is 1. The summed E-state index contributed by atoms with van der Waals surface area (Å²) in [4.78, 5) is 5.10. The minimum absolute atomic E-state index is 0. The van der Waals surface area contributed by atoms with Crippen LogP contribution in [0.15, 0.2) is 64.5 Å². The molecule has 0 bridgehead atoms. The second-order valence-corrected chi connectivity index (χ2v) is 9.60. The highest BCUT2D eigenvalue weighted by molar-refractivity contribution is 7.89. The van der Waals surface area contributed by atoms with Crippen molar-refractivity contribution in [3.8, 4) is 5.75 Å². The summed E-state index contributed by atoms with van der Waals surface area (Å²) in [6.45, 7) is 3.09. The van der Waals surface area contributed by atoms with Crippen LogP contribution >= 0.6 is 12.4 Å². The summed E-state index contributed by atoms with van der Waals surface area (Å²) >= 11 is 0. The largest absolute Gasteiger partial charge is 0.497 e. The molecule has 7 nitrogen and oxygen atoms in total. The number of hydrogen-bond acceptors (Lipinski definition) is 6. The molecule has 9 heteroatoms. The second-order valence-electron chi connectivity index (χ2n) is 7.66. The van der Waals surface area contributed by atoms with Gasteiger partial charge in [0.2, 0.25) is 10.0 Å². The average Bonchev–Trinajstić information content (AvgIpc) is 2.79. The Kier molecular flexibility index (Phi) is 7.59. The first kappa shape index (κ1) is 23.5. The number of hydrogen-bond donors (Lipinski definition) is 2. The number of halogens is 1. The van der Waals surface area contributed by atoms with Gasteiger partial charge in [-0.15, -0.1) is 12.4 Å². The molecule has 1 spiro atoms. The van der Waals surface area contributed by atoms with E-state index in [9.17, 15) is 8.42 Å². The molecular weight excluding hydrogens is 436 g/mol. The molecule has 0 radical (unpaired) electrons. The summed E-state index contributed by atoms with van der Waals surface area (Å²) in [5.74, 6) is 1.75. The van der Waals surface area contributed by atoms with Gasteiger partial charge in [0.25, 0.3) is 0 Å². The van der Waals surface area contributed by atoms with Gasteiger partial charge in [-0.05, 0) is 42.7 Å². The van der Waals surface area contributed by atoms with Crippen LogP contribution in [0.2, 0.25) is 0 Å². The number of nitrogens with zero attached hydrogens (tertiary/aromatic N) is 2. The standard InChI is InChI=1S/C22H28N4O3S.ClH/c1-29-19-7-5-6-18(16-19)17-24-21-22(25-13-12-23-21)10-14-26(15-11-22)30(27,28)20-8-3-2-4-9-20;/h2-9,16,25H,10-15,17H2,1H3,(H,23,24);1H. The SMILES string of the molecule is COc1cccc(CNC2=NCCNC23CCN(S(=O)(=O)c2ccccc2)CC3)c1.Cl. The van der Waals surface area contributed by atoms with E-state index in [1.165, 1.54) is 0 Å². The molecule has 2 N–H and O–H groups in total. The Morgan fingerprint density at radius 3 is 2.58 bits per heavy atom. The molecule has 31 heavy (non-hydrogen) atoms. The van der Waals surface area contributed by atoms with Crippen molar-refractivity contribution in [3.63, 3.8) is 0 Å². The van der Waals surface area contributed by atoms with E-state index < -0.39 is 10.0 Å². The Bertz CT molecular complexity index is 1010. The lowest BCUT2D eigenvalue weighted by Crippen LogP contribution is -2.64. The number of nitrogens with one attached hydrogen (secondary N) is 2. The third-order valence-electron chi connectivity index (χ3n) is 5.85. The number of benzene rings is 2. The summed E-state index contributed by atoms with van der Waals surface area (Å²) in [5.41, 5.74) is 0.807. The van der Waals surface area contributed by atoms with E-state index in [-0.39, 0.29) is 17.9 Å². The minimum Gasteiger partial charge on any atom is -0.497 e. The summed E-state index contributed by atoms with van der Waals surface area (Å²) < 4.78 is 32.8. The maximum Gasteiger partial charge on any atom is 0.243 e. The number of piperidine rings is 1. The van der Waals surface area contributed by atoms with Crippen LogP contribution in [0.5, 0.6) is 5.75 Å². The molecule has 0 saturated carbocycles. The number of rotatable bonds is 5. The summed E-state index contributed by atoms with van der Waals surface area (Å²) in [7, 11) is -1.81. The lowest BCUT2D eigenvalue weighted by molar-refractivity contribution is 0.241. The van der Waals surface area contributed by atoms with Crippen molar-refractivity contribution in [2.75, 3.05) is 33.3 Å². The van der Waals surface area contributed by atoms with Gasteiger partial charge in [0.15, 0.2) is 0 Å². The van der Waals surface area contributed by atoms with Crippen molar-refractivity contribution in [2.45, 2.75) is 29.8 Å². The van der Waals surface area contributed by atoms with Crippen molar-refractivity contribution in [1.82, 2.24) is 14.9 Å². The predicted molar refractivity (Wildman–Crippen MR) is 125 cm³/mol. The molecule has 1 fully saturated rings. The van der Waals surface area contributed by atoms with Crippen LogP contribution in [0, 0.1) is 0 Å². The quantitative estimate of drug-likeness (QED) is 0.710. The molecule has 1 saturated heterocycles. The molecule has 0 aromatic heterocycles. The fraction of sp³-hybridized carbons (Fsp3) is 0.409. The van der Waals surface area contributed by atoms with Crippen LogP contribution in [-0.4, -0.2) is 57.4 Å². The Balaban J connectivity index is 0.00000272. The van der Waals surface area contributed by atoms with E-state index in [0.29, 0.717) is 43.9 Å². The van der Waals surface area contributed by atoms with Crippen molar-refractivity contribution >= 4 is 28.3 Å². The third kappa shape index (κ3) is 5.03. The van der Waals surface area contributed by atoms with Gasteiger partial charge in [0.1, 0.15) is 11.6 Å². The molecule has 2 aromatic carbocycles. The molecule has 0 atom stereocenters. The number of methoxy groups -OCH3 is 1. The highest BCUT2D eigenvalue weighted by Gasteiger charge is 2.43. The maximum atomic E-state index is 13.0. The van der Waals surface area contributed by atoms with E-state index >= 15 is 0 Å². The molecule has 0 aliphatic carbocycles. The summed E-state index contributed by atoms with van der Waals surface area (Å²) in [5, 5.41) is 7.11. The fourth-order valence-corrected chi connectivity index (χ4v) is 5.62. The van der Waals surface area contributed by atoms with Crippen molar-refractivity contribution < 1.29 is 13.2 Å². The molecule has 4 rings (SSSR count). The Hall–Kier alpha value is -2.13. The molecule has 2 aliphatic rings. The van der Waals surface area contributed by atoms with Crippen molar-refractivity contribution in [3.05, 3.63) is 60.2 Å². The average molecular weight is 465 g/mol. The van der Waals surface area contributed by atoms with E-state index in [2.05, 4.69) is 10.6 Å². The summed E-state index contributed by atoms with van der Waals surface area (Å²) in [6.07, 6.45) is 1.37. The lowest BCUT2D eigenvalue weighted by atomic mass is 9.85. The monoisotopic (exact) mass is 464 g/mol. The number of ether oxygens (including phenoxy) is 1. The molecule has 0 unspecified atom stereocenters. The van der Waals surface area contributed by atoms with Crippen molar-refractivity contribution in [1.29, 1.82) is 0 Å². The summed E-state index contributed by atoms with van der Waals surface area (Å²) in [6, 6.07) is 16.6. The van der Waals surface area contributed by atoms with Gasteiger partial charge in [-0.2, -0.15) is 4.31 Å². The fourth-order valence-electron chi connectivity index (χ4n) is 4.15. The van der Waals surface area contributed by atoms with Gasteiger partial charge in [0.05, 0.1) is 24.1 Å². The van der Waals surface area contributed by atoms with Gasteiger partial charge < -0.3 is 15.4 Å². The first-order valence-corrected chi connectivity index (χ1v) is 11.7. The molecule has 168 valence electrons. The zero-order chi connectivity index (χ0) is 21.0. The highest BCUT2D eigenvalue weighted by atomic mass is 35.5. The van der Waals surface area contributed by atoms with Crippen LogP contribution in [-0.2, 0) is 16.6 Å². The molecule has 2 aliphatic heterocycles. The first-order valence-electron chi connectivity index (χ1n) is 10.3. The zero-order valence-electron chi connectivity index (χ0n) is 17.6. The third-order valence-corrected chi connectivity index (χ3v) is 7.76. The lowest BCUT2D eigenvalue weighted by Gasteiger charge is -2.44. The Morgan fingerprint density at radius 1 is 1.13 bits per heavy atom. The zero-order valence-corrected chi connectivity index (χ0v) is 19.2. The van der Waals surface area contributed by atoms with Crippen LogP contribution in [0.4, 0.5) is 0 Å². The maximum absolute atomic E-state index is 13.0. The van der Waals surface area contributed by atoms with E-state index in [1.54, 1.807) is 35.7 Å². The normalized spacial score (nSPS) is 18.7.